The number of ether oxygens (including phenoxy) is 1. The van der Waals surface area contributed by atoms with Crippen molar-refractivity contribution in [2.75, 3.05) is 13.6 Å². The third kappa shape index (κ3) is 5.31. The molecule has 0 aromatic heterocycles. The molecule has 0 amide bonds. The smallest absolute Gasteiger partial charge is 0.333 e. The molecule has 22 heavy (non-hydrogen) atoms. The first-order chi connectivity index (χ1) is 10.2. The molecule has 0 spiro atoms. The molecule has 0 aliphatic carbocycles. The molecule has 0 bridgehead atoms. The number of rotatable bonds is 7. The third-order valence-corrected chi connectivity index (χ3v) is 3.20. The first-order valence-corrected chi connectivity index (χ1v) is 6.86. The molecule has 0 aliphatic rings. The molecular weight excluding hydrogens is 286 g/mol. The van der Waals surface area contributed by atoms with Crippen molar-refractivity contribution in [3.63, 3.8) is 0 Å². The molecule has 0 saturated heterocycles. The number of likely N-dealkylation sites (N-methyl/N-ethyl adjacent to an activating group) is 1. The Labute approximate surface area is 129 Å². The van der Waals surface area contributed by atoms with Crippen molar-refractivity contribution < 1.29 is 24.5 Å². The van der Waals surface area contributed by atoms with E-state index in [2.05, 4.69) is 0 Å². The van der Waals surface area contributed by atoms with Gasteiger partial charge in [0.1, 0.15) is 0 Å². The summed E-state index contributed by atoms with van der Waals surface area (Å²) in [5, 5.41) is 19.3. The summed E-state index contributed by atoms with van der Waals surface area (Å²) in [7, 11) is 1.79. The van der Waals surface area contributed by atoms with Crippen molar-refractivity contribution in [3.8, 4) is 0 Å². The van der Waals surface area contributed by atoms with E-state index in [-0.39, 0.29) is 12.6 Å². The van der Waals surface area contributed by atoms with Gasteiger partial charge in [0.2, 0.25) is 0 Å². The molecule has 1 aromatic carbocycles. The highest BCUT2D eigenvalue weighted by Crippen LogP contribution is 2.24. The zero-order chi connectivity index (χ0) is 16.8. The second kappa shape index (κ2) is 7.72. The highest BCUT2D eigenvalue weighted by Gasteiger charge is 2.35. The Morgan fingerprint density at radius 1 is 1.27 bits per heavy atom. The Morgan fingerprint density at radius 3 is 2.36 bits per heavy atom. The fraction of sp³-hybridized carbons (Fsp3) is 0.375. The third-order valence-electron chi connectivity index (χ3n) is 3.20. The molecule has 6 nitrogen and oxygen atoms in total. The Kier molecular flexibility index (Phi) is 6.27. The minimum absolute atomic E-state index is 0.0569. The van der Waals surface area contributed by atoms with Crippen LogP contribution in [0.5, 0.6) is 0 Å². The Balaban J connectivity index is 3.01. The average molecular weight is 307 g/mol. The summed E-state index contributed by atoms with van der Waals surface area (Å²) in [6.07, 6.45) is 1.44. The first-order valence-electron chi connectivity index (χ1n) is 6.86. The van der Waals surface area contributed by atoms with Crippen LogP contribution in [0.15, 0.2) is 42.5 Å². The summed E-state index contributed by atoms with van der Waals surface area (Å²) < 4.78 is 5.12. The molecule has 120 valence electrons. The number of carboxylic acid groups (broad SMARTS) is 1. The molecule has 2 N–H and O–H groups in total. The van der Waals surface area contributed by atoms with Crippen LogP contribution < -0.4 is 0 Å². The maximum atomic E-state index is 11.7. The number of carbonyl (C=O) groups excluding carboxylic acids is 1. The summed E-state index contributed by atoms with van der Waals surface area (Å²) in [5.74, 6) is -4.05. The predicted octanol–water partition coefficient (Wildman–Crippen LogP) is 1.36. The molecule has 1 rings (SSSR count). The maximum Gasteiger partial charge on any atom is 0.333 e. The van der Waals surface area contributed by atoms with Crippen LogP contribution in [0.25, 0.3) is 0 Å². The summed E-state index contributed by atoms with van der Waals surface area (Å²) in [6, 6.07) is 8.63. The van der Waals surface area contributed by atoms with Crippen molar-refractivity contribution >= 4 is 11.9 Å². The van der Waals surface area contributed by atoms with Gasteiger partial charge in [-0.1, -0.05) is 30.3 Å². The normalized spacial score (nSPS) is 14.3. The average Bonchev–Trinajstić information content (AvgIpc) is 2.45. The highest BCUT2D eigenvalue weighted by molar-refractivity contribution is 5.90. The van der Waals surface area contributed by atoms with E-state index in [0.717, 1.165) is 6.08 Å². The first kappa shape index (κ1) is 17.9. The summed E-state index contributed by atoms with van der Waals surface area (Å²) in [6.45, 7) is 3.94. The largest absolute Gasteiger partial charge is 0.478 e. The van der Waals surface area contributed by atoms with Crippen molar-refractivity contribution in [3.05, 3.63) is 48.0 Å². The van der Waals surface area contributed by atoms with Gasteiger partial charge in [-0.25, -0.2) is 9.59 Å². The number of nitrogens with zero attached hydrogens (tertiary/aromatic N) is 1. The minimum atomic E-state index is -1.86. The number of esters is 1. The molecule has 0 saturated carbocycles. The van der Waals surface area contributed by atoms with Crippen LogP contribution in [0.1, 0.15) is 19.4 Å². The molecule has 1 aromatic rings. The minimum Gasteiger partial charge on any atom is -0.478 e. The van der Waals surface area contributed by atoms with Crippen LogP contribution in [0.4, 0.5) is 0 Å². The van der Waals surface area contributed by atoms with Crippen LogP contribution in [0, 0.1) is 0 Å². The summed E-state index contributed by atoms with van der Waals surface area (Å²) >= 11 is 0. The topological polar surface area (TPSA) is 87.1 Å². The Morgan fingerprint density at radius 2 is 1.86 bits per heavy atom. The molecule has 0 heterocycles. The number of benzene rings is 1. The van der Waals surface area contributed by atoms with Crippen molar-refractivity contribution in [1.82, 2.24) is 4.90 Å². The van der Waals surface area contributed by atoms with Gasteiger partial charge in [0.15, 0.2) is 0 Å². The summed E-state index contributed by atoms with van der Waals surface area (Å²) in [4.78, 5) is 24.0. The Bertz CT molecular complexity index is 541. The fourth-order valence-electron chi connectivity index (χ4n) is 1.74. The van der Waals surface area contributed by atoms with Crippen molar-refractivity contribution in [2.45, 2.75) is 25.7 Å². The van der Waals surface area contributed by atoms with E-state index in [1.54, 1.807) is 37.4 Å². The lowest BCUT2D eigenvalue weighted by Gasteiger charge is -2.33. The SMILES string of the molecule is CC(C)N(C)CC(O)(OC(=O)/C=C/C(=O)O)c1ccccc1. The van der Waals surface area contributed by atoms with Crippen LogP contribution >= 0.6 is 0 Å². The fourth-order valence-corrected chi connectivity index (χ4v) is 1.74. The standard InChI is InChI=1S/C16H21NO5/c1-12(2)17(3)11-16(21,13-7-5-4-6-8-13)22-15(20)10-9-14(18)19/h4-10,12,21H,11H2,1-3H3,(H,18,19)/b10-9+. The summed E-state index contributed by atoms with van der Waals surface area (Å²) in [5.41, 5.74) is 0.416. The van der Waals surface area contributed by atoms with Gasteiger partial charge in [-0.3, -0.25) is 4.90 Å². The van der Waals surface area contributed by atoms with E-state index in [1.807, 2.05) is 18.7 Å². The van der Waals surface area contributed by atoms with E-state index in [0.29, 0.717) is 11.6 Å². The highest BCUT2D eigenvalue weighted by atomic mass is 16.7. The van der Waals surface area contributed by atoms with Crippen LogP contribution in [-0.2, 0) is 20.1 Å². The van der Waals surface area contributed by atoms with E-state index < -0.39 is 17.7 Å². The zero-order valence-corrected chi connectivity index (χ0v) is 12.9. The lowest BCUT2D eigenvalue weighted by molar-refractivity contribution is -0.217. The van der Waals surface area contributed by atoms with E-state index in [9.17, 15) is 14.7 Å². The van der Waals surface area contributed by atoms with Crippen LogP contribution in [-0.4, -0.2) is 46.7 Å². The molecule has 0 radical (unpaired) electrons. The van der Waals surface area contributed by atoms with Crippen LogP contribution in [0.3, 0.4) is 0 Å². The molecule has 6 heteroatoms. The van der Waals surface area contributed by atoms with Gasteiger partial charge in [-0.2, -0.15) is 0 Å². The second-order valence-corrected chi connectivity index (χ2v) is 5.25. The van der Waals surface area contributed by atoms with Gasteiger partial charge in [-0.15, -0.1) is 0 Å². The van der Waals surface area contributed by atoms with E-state index in [1.165, 1.54) is 0 Å². The molecular formula is C16H21NO5. The molecule has 1 atom stereocenters. The monoisotopic (exact) mass is 307 g/mol. The van der Waals surface area contributed by atoms with Crippen LogP contribution in [0.2, 0.25) is 0 Å². The van der Waals surface area contributed by atoms with Gasteiger partial charge in [0.05, 0.1) is 6.54 Å². The number of aliphatic carboxylic acids is 1. The van der Waals surface area contributed by atoms with E-state index in [4.69, 9.17) is 9.84 Å². The van der Waals surface area contributed by atoms with E-state index >= 15 is 0 Å². The molecule has 0 fully saturated rings. The number of hydrogen-bond donors (Lipinski definition) is 2. The Hall–Kier alpha value is -2.18. The van der Waals surface area contributed by atoms with Crippen molar-refractivity contribution in [2.24, 2.45) is 0 Å². The number of carboxylic acids is 1. The lowest BCUT2D eigenvalue weighted by atomic mass is 10.0. The molecule has 0 aliphatic heterocycles. The van der Waals surface area contributed by atoms with Gasteiger partial charge in [0.25, 0.3) is 5.79 Å². The quantitative estimate of drug-likeness (QED) is 0.449. The van der Waals surface area contributed by atoms with Gasteiger partial charge in [-0.05, 0) is 20.9 Å². The maximum absolute atomic E-state index is 11.7. The molecule has 1 unspecified atom stereocenters. The number of hydrogen-bond acceptors (Lipinski definition) is 5. The van der Waals surface area contributed by atoms with Gasteiger partial charge < -0.3 is 14.9 Å². The van der Waals surface area contributed by atoms with Gasteiger partial charge in [0, 0.05) is 23.8 Å². The lowest BCUT2D eigenvalue weighted by Crippen LogP contribution is -2.44. The second-order valence-electron chi connectivity index (χ2n) is 5.25. The predicted molar refractivity (Wildman–Crippen MR) is 81.0 cm³/mol. The zero-order valence-electron chi connectivity index (χ0n) is 12.9. The number of carbonyl (C=O) groups is 2. The van der Waals surface area contributed by atoms with Crippen molar-refractivity contribution in [1.29, 1.82) is 0 Å². The number of aliphatic hydroxyl groups is 1. The van der Waals surface area contributed by atoms with Gasteiger partial charge >= 0.3 is 11.9 Å².